The van der Waals surface area contributed by atoms with Crippen molar-refractivity contribution in [2.45, 2.75) is 0 Å². The van der Waals surface area contributed by atoms with E-state index in [0.29, 0.717) is 20.6 Å². The molecule has 0 aromatic heterocycles. The Morgan fingerprint density at radius 2 is 1.48 bits per heavy atom. The Balaban J connectivity index is 0.000000211. The second kappa shape index (κ2) is 8.11. The fourth-order valence-electron chi connectivity index (χ4n) is 1.24. The molecule has 0 unspecified atom stereocenters. The molecule has 0 fully saturated rings. The maximum atomic E-state index is 10.4. The fraction of sp³-hybridized carbons (Fsp3) is 0. The van der Waals surface area contributed by atoms with Gasteiger partial charge in [-0.3, -0.25) is 0 Å². The lowest BCUT2D eigenvalue weighted by molar-refractivity contribution is 0.0697. The van der Waals surface area contributed by atoms with Gasteiger partial charge in [0, 0.05) is 10.0 Å². The van der Waals surface area contributed by atoms with Crippen LogP contribution in [0.4, 0.5) is 0 Å². The van der Waals surface area contributed by atoms with Gasteiger partial charge in [0.15, 0.2) is 0 Å². The molecule has 0 aliphatic rings. The zero-order chi connectivity index (χ0) is 16.0. The van der Waals surface area contributed by atoms with Gasteiger partial charge in [0.1, 0.15) is 6.07 Å². The van der Waals surface area contributed by atoms with Gasteiger partial charge in [0.05, 0.1) is 21.2 Å². The first kappa shape index (κ1) is 17.6. The lowest BCUT2D eigenvalue weighted by Crippen LogP contribution is -1.96. The van der Waals surface area contributed by atoms with Crippen LogP contribution in [0.2, 0.25) is 20.1 Å². The fourth-order valence-corrected chi connectivity index (χ4v) is 1.95. The Bertz CT molecular complexity index is 711. The Morgan fingerprint density at radius 1 is 0.952 bits per heavy atom. The first-order valence-electron chi connectivity index (χ1n) is 5.38. The number of benzene rings is 2. The lowest BCUT2D eigenvalue weighted by atomic mass is 10.2. The molecule has 0 heterocycles. The van der Waals surface area contributed by atoms with E-state index in [1.807, 2.05) is 6.07 Å². The molecule has 0 aliphatic heterocycles. The number of nitrogens with zero attached hydrogens (tertiary/aromatic N) is 1. The number of nitriles is 1. The highest BCUT2D eigenvalue weighted by atomic mass is 35.5. The molecule has 3 nitrogen and oxygen atoms in total. The summed E-state index contributed by atoms with van der Waals surface area (Å²) in [4.78, 5) is 10.4. The van der Waals surface area contributed by atoms with E-state index in [9.17, 15) is 4.79 Å². The van der Waals surface area contributed by atoms with Crippen LogP contribution in [-0.4, -0.2) is 11.1 Å². The summed E-state index contributed by atoms with van der Waals surface area (Å²) >= 11 is 22.3. The van der Waals surface area contributed by atoms with Crippen molar-refractivity contribution in [2.75, 3.05) is 0 Å². The van der Waals surface area contributed by atoms with Gasteiger partial charge in [-0.2, -0.15) is 5.26 Å². The number of halogens is 4. The van der Waals surface area contributed by atoms with E-state index in [0.717, 1.165) is 0 Å². The van der Waals surface area contributed by atoms with E-state index in [4.69, 9.17) is 56.8 Å². The van der Waals surface area contributed by atoms with Crippen molar-refractivity contribution in [2.24, 2.45) is 0 Å². The number of rotatable bonds is 1. The van der Waals surface area contributed by atoms with Crippen LogP contribution in [0.3, 0.4) is 0 Å². The summed E-state index contributed by atoms with van der Waals surface area (Å²) in [5.74, 6) is -1.07. The first-order valence-corrected chi connectivity index (χ1v) is 6.90. The van der Waals surface area contributed by atoms with Crippen LogP contribution in [0.5, 0.6) is 0 Å². The van der Waals surface area contributed by atoms with Crippen LogP contribution in [0.1, 0.15) is 15.9 Å². The second-order valence-corrected chi connectivity index (χ2v) is 5.35. The summed E-state index contributed by atoms with van der Waals surface area (Å²) in [7, 11) is 0. The molecule has 7 heteroatoms. The molecule has 0 amide bonds. The SMILES string of the molecule is N#Cc1cc(Cl)ccc1Cl.O=C(O)c1cc(Cl)ccc1Cl. The van der Waals surface area contributed by atoms with Crippen molar-refractivity contribution in [3.8, 4) is 6.07 Å². The smallest absolute Gasteiger partial charge is 0.337 e. The Morgan fingerprint density at radius 3 is 1.90 bits per heavy atom. The van der Waals surface area contributed by atoms with E-state index < -0.39 is 5.97 Å². The highest BCUT2D eigenvalue weighted by molar-refractivity contribution is 6.35. The molecule has 2 aromatic carbocycles. The molecular weight excluding hydrogens is 356 g/mol. The molecule has 2 rings (SSSR count). The minimum Gasteiger partial charge on any atom is -0.478 e. The summed E-state index contributed by atoms with van der Waals surface area (Å²) in [6.07, 6.45) is 0. The molecule has 0 saturated heterocycles. The van der Waals surface area contributed by atoms with Crippen molar-refractivity contribution in [1.29, 1.82) is 5.26 Å². The van der Waals surface area contributed by atoms with Crippen molar-refractivity contribution in [1.82, 2.24) is 0 Å². The Kier molecular flexibility index (Phi) is 6.80. The van der Waals surface area contributed by atoms with Gasteiger partial charge in [-0.1, -0.05) is 46.4 Å². The van der Waals surface area contributed by atoms with Gasteiger partial charge in [-0.05, 0) is 36.4 Å². The van der Waals surface area contributed by atoms with E-state index in [-0.39, 0.29) is 10.6 Å². The Hall–Kier alpha value is -1.44. The number of carboxylic acids is 1. The molecule has 0 bridgehead atoms. The number of hydrogen-bond acceptors (Lipinski definition) is 2. The first-order chi connectivity index (χ1) is 9.85. The molecule has 0 aliphatic carbocycles. The zero-order valence-corrected chi connectivity index (χ0v) is 13.3. The van der Waals surface area contributed by atoms with Crippen LogP contribution in [-0.2, 0) is 0 Å². The third-order valence-corrected chi connectivity index (χ3v) is 3.34. The molecule has 0 spiro atoms. The summed E-state index contributed by atoms with van der Waals surface area (Å²) in [6.45, 7) is 0. The van der Waals surface area contributed by atoms with Gasteiger partial charge in [0.2, 0.25) is 0 Å². The molecule has 21 heavy (non-hydrogen) atoms. The number of carbonyl (C=O) groups is 1. The van der Waals surface area contributed by atoms with Crippen LogP contribution in [0, 0.1) is 11.3 Å². The topological polar surface area (TPSA) is 61.1 Å². The van der Waals surface area contributed by atoms with Crippen LogP contribution in [0.25, 0.3) is 0 Å². The zero-order valence-electron chi connectivity index (χ0n) is 10.3. The van der Waals surface area contributed by atoms with E-state index in [2.05, 4.69) is 0 Å². The molecule has 1 N–H and O–H groups in total. The van der Waals surface area contributed by atoms with Gasteiger partial charge >= 0.3 is 5.97 Å². The third-order valence-electron chi connectivity index (χ3n) is 2.21. The van der Waals surface area contributed by atoms with Crippen molar-refractivity contribution >= 4 is 52.4 Å². The van der Waals surface area contributed by atoms with Crippen LogP contribution >= 0.6 is 46.4 Å². The largest absolute Gasteiger partial charge is 0.478 e. The average molecular weight is 363 g/mol. The molecule has 0 saturated carbocycles. The summed E-state index contributed by atoms with van der Waals surface area (Å²) in [6, 6.07) is 11.0. The molecule has 0 radical (unpaired) electrons. The number of aromatic carboxylic acids is 1. The minimum absolute atomic E-state index is 0.0270. The van der Waals surface area contributed by atoms with E-state index in [1.54, 1.807) is 12.1 Å². The van der Waals surface area contributed by atoms with Gasteiger partial charge in [-0.15, -0.1) is 0 Å². The average Bonchev–Trinajstić information content (AvgIpc) is 2.44. The molecule has 2 aromatic rings. The van der Waals surface area contributed by atoms with Gasteiger partial charge < -0.3 is 5.11 Å². The van der Waals surface area contributed by atoms with Crippen molar-refractivity contribution in [3.63, 3.8) is 0 Å². The van der Waals surface area contributed by atoms with Crippen LogP contribution in [0.15, 0.2) is 36.4 Å². The number of hydrogen-bond donors (Lipinski definition) is 1. The molecule has 108 valence electrons. The predicted octanol–water partition coefficient (Wildman–Crippen LogP) is 5.56. The maximum Gasteiger partial charge on any atom is 0.337 e. The molecular formula is C14H7Cl4NO2. The quantitative estimate of drug-likeness (QED) is 0.722. The molecule has 0 atom stereocenters. The summed E-state index contributed by atoms with van der Waals surface area (Å²) < 4.78 is 0. The van der Waals surface area contributed by atoms with E-state index in [1.165, 1.54) is 24.3 Å². The number of carboxylic acid groups (broad SMARTS) is 1. The Labute approximate surface area is 141 Å². The van der Waals surface area contributed by atoms with Gasteiger partial charge in [-0.25, -0.2) is 4.79 Å². The highest BCUT2D eigenvalue weighted by Crippen LogP contribution is 2.20. The van der Waals surface area contributed by atoms with Gasteiger partial charge in [0.25, 0.3) is 0 Å². The third kappa shape index (κ3) is 5.45. The standard InChI is InChI=1S/C7H3Cl2N.C7H4Cl2O2/c8-6-1-2-7(9)5(3-6)4-10;8-4-1-2-6(9)5(3-4)7(10)11/h1-3H;1-3H,(H,10,11). The summed E-state index contributed by atoms with van der Waals surface area (Å²) in [5, 5.41) is 18.5. The lowest BCUT2D eigenvalue weighted by Gasteiger charge is -1.97. The predicted molar refractivity (Wildman–Crippen MR) is 84.6 cm³/mol. The van der Waals surface area contributed by atoms with Crippen molar-refractivity contribution < 1.29 is 9.90 Å². The maximum absolute atomic E-state index is 10.4. The van der Waals surface area contributed by atoms with Crippen LogP contribution < -0.4 is 0 Å². The minimum atomic E-state index is -1.07. The second-order valence-electron chi connectivity index (χ2n) is 3.67. The van der Waals surface area contributed by atoms with Crippen molar-refractivity contribution in [3.05, 3.63) is 67.6 Å². The van der Waals surface area contributed by atoms with E-state index >= 15 is 0 Å². The normalized spacial score (nSPS) is 9.29. The monoisotopic (exact) mass is 361 g/mol. The summed E-state index contributed by atoms with van der Waals surface area (Å²) in [5.41, 5.74) is 0.438. The highest BCUT2D eigenvalue weighted by Gasteiger charge is 2.07.